The topological polar surface area (TPSA) is 34.4 Å². The van der Waals surface area contributed by atoms with Crippen LogP contribution in [-0.4, -0.2) is 15.2 Å². The van der Waals surface area contributed by atoms with Gasteiger partial charge in [-0.2, -0.15) is 0 Å². The molecule has 2 heterocycles. The first-order chi connectivity index (χ1) is 8.52. The van der Waals surface area contributed by atoms with Gasteiger partial charge < -0.3 is 0 Å². The van der Waals surface area contributed by atoms with Gasteiger partial charge in [0.15, 0.2) is 10.7 Å². The quantitative estimate of drug-likeness (QED) is 0.830. The normalized spacial score (nSPS) is 19.2. The SMILES string of the molecule is CC1(C)CC(=O)C=C(Cc2cn3ccsc3n2)C1. The number of imidazole rings is 1. The first-order valence-electron chi connectivity index (χ1n) is 6.15. The first-order valence-corrected chi connectivity index (χ1v) is 7.03. The highest BCUT2D eigenvalue weighted by Gasteiger charge is 2.27. The van der Waals surface area contributed by atoms with Gasteiger partial charge in [0.2, 0.25) is 0 Å². The summed E-state index contributed by atoms with van der Waals surface area (Å²) in [5.41, 5.74) is 2.36. The molecule has 0 N–H and O–H groups in total. The number of rotatable bonds is 2. The van der Waals surface area contributed by atoms with Crippen LogP contribution in [0.1, 0.15) is 32.4 Å². The number of thiazole rings is 1. The summed E-state index contributed by atoms with van der Waals surface area (Å²) in [5.74, 6) is 0.252. The Kier molecular flexibility index (Phi) is 2.63. The Morgan fingerprint density at radius 2 is 2.28 bits per heavy atom. The van der Waals surface area contributed by atoms with E-state index in [-0.39, 0.29) is 11.2 Å². The van der Waals surface area contributed by atoms with Crippen LogP contribution in [0.5, 0.6) is 0 Å². The molecular weight excluding hydrogens is 244 g/mol. The van der Waals surface area contributed by atoms with Crippen molar-refractivity contribution in [2.24, 2.45) is 5.41 Å². The van der Waals surface area contributed by atoms with Crippen molar-refractivity contribution in [3.63, 3.8) is 0 Å². The standard InChI is InChI=1S/C14H16N2OS/c1-14(2)7-10(6-12(17)8-14)5-11-9-16-3-4-18-13(16)15-11/h3-4,6,9H,5,7-8H2,1-2H3. The van der Waals surface area contributed by atoms with Crippen LogP contribution in [0.2, 0.25) is 0 Å². The first kappa shape index (κ1) is 11.7. The lowest BCUT2D eigenvalue weighted by molar-refractivity contribution is -0.117. The predicted molar refractivity (Wildman–Crippen MR) is 72.9 cm³/mol. The van der Waals surface area contributed by atoms with Crippen molar-refractivity contribution < 1.29 is 4.79 Å². The van der Waals surface area contributed by atoms with E-state index in [1.807, 2.05) is 22.1 Å². The van der Waals surface area contributed by atoms with Crippen LogP contribution in [0.25, 0.3) is 4.96 Å². The Morgan fingerprint density at radius 3 is 3.00 bits per heavy atom. The molecular formula is C14H16N2OS. The number of hydrogen-bond donors (Lipinski definition) is 0. The highest BCUT2D eigenvalue weighted by Crippen LogP contribution is 2.34. The second-order valence-corrected chi connectivity index (χ2v) is 6.66. The van der Waals surface area contributed by atoms with Crippen molar-refractivity contribution in [2.45, 2.75) is 33.1 Å². The highest BCUT2D eigenvalue weighted by atomic mass is 32.1. The van der Waals surface area contributed by atoms with Gasteiger partial charge in [-0.3, -0.25) is 9.20 Å². The van der Waals surface area contributed by atoms with Gasteiger partial charge in [0, 0.05) is 30.6 Å². The minimum Gasteiger partial charge on any atom is -0.297 e. The molecule has 2 aromatic heterocycles. The van der Waals surface area contributed by atoms with Crippen LogP contribution >= 0.6 is 11.3 Å². The zero-order chi connectivity index (χ0) is 12.8. The maximum Gasteiger partial charge on any atom is 0.193 e. The maximum atomic E-state index is 11.7. The van der Waals surface area contributed by atoms with Gasteiger partial charge in [0.25, 0.3) is 0 Å². The molecule has 0 saturated carbocycles. The van der Waals surface area contributed by atoms with Crippen molar-refractivity contribution in [1.82, 2.24) is 9.38 Å². The Hall–Kier alpha value is -1.42. The molecule has 0 fully saturated rings. The van der Waals surface area contributed by atoms with Crippen LogP contribution in [-0.2, 0) is 11.2 Å². The van der Waals surface area contributed by atoms with E-state index in [9.17, 15) is 4.79 Å². The molecule has 0 unspecified atom stereocenters. The van der Waals surface area contributed by atoms with E-state index >= 15 is 0 Å². The molecule has 0 radical (unpaired) electrons. The average Bonchev–Trinajstić information content (AvgIpc) is 2.73. The fourth-order valence-electron chi connectivity index (χ4n) is 2.69. The van der Waals surface area contributed by atoms with Crippen molar-refractivity contribution in [3.8, 4) is 0 Å². The molecule has 0 aliphatic heterocycles. The van der Waals surface area contributed by atoms with E-state index in [4.69, 9.17) is 0 Å². The zero-order valence-corrected chi connectivity index (χ0v) is 11.5. The number of nitrogens with zero attached hydrogens (tertiary/aromatic N) is 2. The number of allylic oxidation sites excluding steroid dienone is 2. The second kappa shape index (κ2) is 4.05. The lowest BCUT2D eigenvalue weighted by atomic mass is 9.76. The summed E-state index contributed by atoms with van der Waals surface area (Å²) in [6.45, 7) is 4.31. The Balaban J connectivity index is 1.84. The number of fused-ring (bicyclic) bond motifs is 1. The summed E-state index contributed by atoms with van der Waals surface area (Å²) >= 11 is 1.64. The van der Waals surface area contributed by atoms with Gasteiger partial charge in [-0.15, -0.1) is 11.3 Å². The number of aromatic nitrogens is 2. The van der Waals surface area contributed by atoms with Gasteiger partial charge in [-0.05, 0) is 17.9 Å². The van der Waals surface area contributed by atoms with Gasteiger partial charge in [0.05, 0.1) is 5.69 Å². The lowest BCUT2D eigenvalue weighted by Crippen LogP contribution is -2.22. The second-order valence-electron chi connectivity index (χ2n) is 5.79. The van der Waals surface area contributed by atoms with E-state index in [1.54, 1.807) is 11.3 Å². The fraction of sp³-hybridized carbons (Fsp3) is 0.429. The van der Waals surface area contributed by atoms with E-state index < -0.39 is 0 Å². The van der Waals surface area contributed by atoms with E-state index in [0.29, 0.717) is 6.42 Å². The largest absolute Gasteiger partial charge is 0.297 e. The van der Waals surface area contributed by atoms with Crippen LogP contribution < -0.4 is 0 Å². The third kappa shape index (κ3) is 2.25. The molecule has 3 nitrogen and oxygen atoms in total. The monoisotopic (exact) mass is 260 g/mol. The molecule has 1 aliphatic rings. The van der Waals surface area contributed by atoms with E-state index in [0.717, 1.165) is 23.5 Å². The van der Waals surface area contributed by atoms with Gasteiger partial charge in [0.1, 0.15) is 0 Å². The summed E-state index contributed by atoms with van der Waals surface area (Å²) in [6, 6.07) is 0. The molecule has 0 amide bonds. The predicted octanol–water partition coefficient (Wildman–Crippen LogP) is 3.25. The van der Waals surface area contributed by atoms with Crippen LogP contribution in [0.15, 0.2) is 29.4 Å². The van der Waals surface area contributed by atoms with Crippen molar-refractivity contribution in [3.05, 3.63) is 35.1 Å². The summed E-state index contributed by atoms with van der Waals surface area (Å²) in [4.78, 5) is 17.3. The van der Waals surface area contributed by atoms with E-state index in [2.05, 4.69) is 25.0 Å². The van der Waals surface area contributed by atoms with Crippen molar-refractivity contribution in [2.75, 3.05) is 0 Å². The van der Waals surface area contributed by atoms with Gasteiger partial charge in [-0.1, -0.05) is 19.4 Å². The van der Waals surface area contributed by atoms with Crippen LogP contribution in [0.4, 0.5) is 0 Å². The van der Waals surface area contributed by atoms with Gasteiger partial charge in [-0.25, -0.2) is 4.98 Å². The Bertz CT molecular complexity index is 605. The Morgan fingerprint density at radius 1 is 1.44 bits per heavy atom. The van der Waals surface area contributed by atoms with Crippen LogP contribution in [0.3, 0.4) is 0 Å². The van der Waals surface area contributed by atoms with E-state index in [1.165, 1.54) is 5.57 Å². The molecule has 0 atom stereocenters. The molecule has 0 aromatic carbocycles. The van der Waals surface area contributed by atoms with Gasteiger partial charge >= 0.3 is 0 Å². The molecule has 2 aromatic rings. The molecule has 3 rings (SSSR count). The van der Waals surface area contributed by atoms with Crippen molar-refractivity contribution in [1.29, 1.82) is 0 Å². The smallest absolute Gasteiger partial charge is 0.193 e. The maximum absolute atomic E-state index is 11.7. The third-order valence-electron chi connectivity index (χ3n) is 3.27. The molecule has 0 bridgehead atoms. The highest BCUT2D eigenvalue weighted by molar-refractivity contribution is 7.15. The number of ketones is 1. The number of hydrogen-bond acceptors (Lipinski definition) is 3. The summed E-state index contributed by atoms with van der Waals surface area (Å²) in [7, 11) is 0. The summed E-state index contributed by atoms with van der Waals surface area (Å²) in [5, 5.41) is 2.03. The minimum absolute atomic E-state index is 0.0955. The van der Waals surface area contributed by atoms with Crippen molar-refractivity contribution >= 4 is 22.1 Å². The molecule has 0 spiro atoms. The zero-order valence-electron chi connectivity index (χ0n) is 10.6. The third-order valence-corrected chi connectivity index (χ3v) is 4.05. The average molecular weight is 260 g/mol. The fourth-order valence-corrected chi connectivity index (χ4v) is 3.40. The minimum atomic E-state index is 0.0955. The molecule has 1 aliphatic carbocycles. The Labute approximate surface area is 110 Å². The van der Waals surface area contributed by atoms with Crippen LogP contribution in [0, 0.1) is 5.41 Å². The molecule has 94 valence electrons. The number of carbonyl (C=O) groups is 1. The molecule has 0 saturated heterocycles. The summed E-state index contributed by atoms with van der Waals surface area (Å²) < 4.78 is 2.04. The summed E-state index contributed by atoms with van der Waals surface area (Å²) in [6.07, 6.45) is 8.33. The number of carbonyl (C=O) groups excluding carboxylic acids is 1. The lowest BCUT2D eigenvalue weighted by Gasteiger charge is -2.28. The molecule has 18 heavy (non-hydrogen) atoms. The molecule has 4 heteroatoms.